The molecule has 0 bridgehead atoms. The number of halogens is 2. The van der Waals surface area contributed by atoms with Crippen LogP contribution in [-0.2, 0) is 16.6 Å². The molecule has 0 saturated heterocycles. The summed E-state index contributed by atoms with van der Waals surface area (Å²) in [5.41, 5.74) is 0.648. The molecule has 1 saturated carbocycles. The Labute approximate surface area is 110 Å². The van der Waals surface area contributed by atoms with Crippen LogP contribution in [0.25, 0.3) is 0 Å². The molecule has 0 heterocycles. The van der Waals surface area contributed by atoms with Gasteiger partial charge in [0.05, 0.1) is 5.02 Å². The second-order valence-electron chi connectivity index (χ2n) is 4.08. The molecule has 7 heteroatoms. The van der Waals surface area contributed by atoms with Gasteiger partial charge in [0.2, 0.25) is 10.0 Å². The first-order chi connectivity index (χ1) is 7.88. The largest absolute Gasteiger partial charge is 0.310 e. The van der Waals surface area contributed by atoms with Gasteiger partial charge in [0, 0.05) is 17.6 Å². The fourth-order valence-electron chi connectivity index (χ4n) is 1.50. The van der Waals surface area contributed by atoms with Gasteiger partial charge in [0.1, 0.15) is 4.90 Å². The fraction of sp³-hybridized carbons (Fsp3) is 0.400. The van der Waals surface area contributed by atoms with Crippen LogP contribution in [0.1, 0.15) is 18.4 Å². The molecule has 94 valence electrons. The van der Waals surface area contributed by atoms with E-state index in [2.05, 4.69) is 5.32 Å². The van der Waals surface area contributed by atoms with Crippen molar-refractivity contribution in [2.24, 2.45) is 5.14 Å². The van der Waals surface area contributed by atoms with E-state index >= 15 is 0 Å². The molecule has 0 radical (unpaired) electrons. The van der Waals surface area contributed by atoms with Gasteiger partial charge in [-0.05, 0) is 30.5 Å². The summed E-state index contributed by atoms with van der Waals surface area (Å²) in [6.07, 6.45) is 2.28. The number of nitrogens with one attached hydrogen (secondary N) is 1. The third kappa shape index (κ3) is 3.33. The summed E-state index contributed by atoms with van der Waals surface area (Å²) in [6, 6.07) is 3.41. The van der Waals surface area contributed by atoms with Gasteiger partial charge in [0.25, 0.3) is 0 Å². The van der Waals surface area contributed by atoms with Crippen LogP contribution in [0, 0.1) is 0 Å². The quantitative estimate of drug-likeness (QED) is 0.891. The molecule has 0 spiro atoms. The lowest BCUT2D eigenvalue weighted by Gasteiger charge is -2.10. The number of hydrogen-bond donors (Lipinski definition) is 2. The van der Waals surface area contributed by atoms with Crippen LogP contribution in [0.2, 0.25) is 10.0 Å². The number of nitrogens with two attached hydrogens (primary N) is 1. The van der Waals surface area contributed by atoms with Crippen molar-refractivity contribution in [1.29, 1.82) is 0 Å². The van der Waals surface area contributed by atoms with Gasteiger partial charge < -0.3 is 5.32 Å². The third-order valence-corrected chi connectivity index (χ3v) is 4.26. The van der Waals surface area contributed by atoms with Gasteiger partial charge in [-0.3, -0.25) is 0 Å². The zero-order chi connectivity index (χ0) is 12.6. The van der Waals surface area contributed by atoms with E-state index < -0.39 is 10.0 Å². The highest BCUT2D eigenvalue weighted by Crippen LogP contribution is 2.29. The number of sulfonamides is 1. The Morgan fingerprint density at radius 2 is 2.00 bits per heavy atom. The zero-order valence-corrected chi connectivity index (χ0v) is 11.2. The summed E-state index contributed by atoms with van der Waals surface area (Å²) in [7, 11) is -3.85. The maximum atomic E-state index is 11.3. The molecule has 0 aliphatic heterocycles. The van der Waals surface area contributed by atoms with Crippen molar-refractivity contribution < 1.29 is 8.42 Å². The van der Waals surface area contributed by atoms with E-state index in [1.807, 2.05) is 0 Å². The molecule has 0 atom stereocenters. The normalized spacial score (nSPS) is 16.2. The Balaban J connectivity index is 2.34. The summed E-state index contributed by atoms with van der Waals surface area (Å²) < 4.78 is 22.6. The highest BCUT2D eigenvalue weighted by Gasteiger charge is 2.22. The molecular weight excluding hydrogens is 283 g/mol. The molecule has 2 rings (SSSR count). The molecule has 1 aromatic carbocycles. The van der Waals surface area contributed by atoms with Gasteiger partial charge in [-0.1, -0.05) is 23.2 Å². The lowest BCUT2D eigenvalue weighted by molar-refractivity contribution is 0.597. The number of benzene rings is 1. The maximum absolute atomic E-state index is 11.3. The standard InChI is InChI=1S/C10H12Cl2N2O2S/c11-7-3-6(5-14-8-1-2-8)10(12)9(4-7)17(13,15)16/h3-4,8,14H,1-2,5H2,(H2,13,15,16). The Morgan fingerprint density at radius 3 is 2.53 bits per heavy atom. The minimum atomic E-state index is -3.85. The first-order valence-corrected chi connectivity index (χ1v) is 7.42. The van der Waals surface area contributed by atoms with Gasteiger partial charge in [0.15, 0.2) is 0 Å². The van der Waals surface area contributed by atoms with Crippen molar-refractivity contribution in [3.05, 3.63) is 27.7 Å². The molecule has 1 fully saturated rings. The highest BCUT2D eigenvalue weighted by atomic mass is 35.5. The number of hydrogen-bond acceptors (Lipinski definition) is 3. The Hall–Kier alpha value is -0.330. The molecule has 0 aromatic heterocycles. The van der Waals surface area contributed by atoms with Crippen LogP contribution in [0.5, 0.6) is 0 Å². The van der Waals surface area contributed by atoms with Crippen molar-refractivity contribution in [3.63, 3.8) is 0 Å². The highest BCUT2D eigenvalue weighted by molar-refractivity contribution is 7.89. The van der Waals surface area contributed by atoms with Crippen molar-refractivity contribution in [2.45, 2.75) is 30.3 Å². The Morgan fingerprint density at radius 1 is 1.35 bits per heavy atom. The van der Waals surface area contributed by atoms with Gasteiger partial charge in [-0.15, -0.1) is 0 Å². The summed E-state index contributed by atoms with van der Waals surface area (Å²) in [5, 5.41) is 8.77. The first-order valence-electron chi connectivity index (χ1n) is 5.12. The first kappa shape index (κ1) is 13.1. The van der Waals surface area contributed by atoms with E-state index in [0.29, 0.717) is 23.2 Å². The average Bonchev–Trinajstić information content (AvgIpc) is 3.01. The molecule has 4 nitrogen and oxygen atoms in total. The van der Waals surface area contributed by atoms with Crippen molar-refractivity contribution in [1.82, 2.24) is 5.32 Å². The van der Waals surface area contributed by atoms with Crippen LogP contribution < -0.4 is 10.5 Å². The van der Waals surface area contributed by atoms with Crippen LogP contribution >= 0.6 is 23.2 Å². The Bertz CT molecular complexity index is 541. The van der Waals surface area contributed by atoms with Gasteiger partial charge >= 0.3 is 0 Å². The van der Waals surface area contributed by atoms with Crippen molar-refractivity contribution in [3.8, 4) is 0 Å². The summed E-state index contributed by atoms with van der Waals surface area (Å²) in [6.45, 7) is 0.493. The van der Waals surface area contributed by atoms with Crippen LogP contribution in [0.4, 0.5) is 0 Å². The minimum Gasteiger partial charge on any atom is -0.310 e. The molecule has 0 unspecified atom stereocenters. The molecule has 1 aromatic rings. The lowest BCUT2D eigenvalue weighted by Crippen LogP contribution is -2.18. The van der Waals surface area contributed by atoms with Crippen LogP contribution in [0.15, 0.2) is 17.0 Å². The summed E-state index contributed by atoms with van der Waals surface area (Å²) >= 11 is 11.9. The van der Waals surface area contributed by atoms with Crippen LogP contribution in [0.3, 0.4) is 0 Å². The SMILES string of the molecule is NS(=O)(=O)c1cc(Cl)cc(CNC2CC2)c1Cl. The van der Waals surface area contributed by atoms with Crippen LogP contribution in [-0.4, -0.2) is 14.5 Å². The van der Waals surface area contributed by atoms with Gasteiger partial charge in [-0.2, -0.15) is 0 Å². The lowest BCUT2D eigenvalue weighted by atomic mass is 10.2. The van der Waals surface area contributed by atoms with E-state index in [4.69, 9.17) is 28.3 Å². The predicted molar refractivity (Wildman–Crippen MR) is 67.7 cm³/mol. The fourth-order valence-corrected chi connectivity index (χ4v) is 2.97. The smallest absolute Gasteiger partial charge is 0.239 e. The molecule has 1 aliphatic carbocycles. The summed E-state index contributed by atoms with van der Waals surface area (Å²) in [5.74, 6) is 0. The molecule has 17 heavy (non-hydrogen) atoms. The molecule has 1 aliphatic rings. The molecule has 3 N–H and O–H groups in total. The van der Waals surface area contributed by atoms with E-state index in [1.165, 1.54) is 6.07 Å². The van der Waals surface area contributed by atoms with E-state index in [1.54, 1.807) is 6.07 Å². The molecule has 0 amide bonds. The predicted octanol–water partition coefficient (Wildman–Crippen LogP) is 1.89. The average molecular weight is 295 g/mol. The minimum absolute atomic E-state index is 0.126. The van der Waals surface area contributed by atoms with E-state index in [-0.39, 0.29) is 9.92 Å². The Kier molecular flexibility index (Phi) is 3.66. The maximum Gasteiger partial charge on any atom is 0.239 e. The summed E-state index contributed by atoms with van der Waals surface area (Å²) in [4.78, 5) is -0.126. The third-order valence-electron chi connectivity index (χ3n) is 2.54. The van der Waals surface area contributed by atoms with Crippen molar-refractivity contribution >= 4 is 33.2 Å². The van der Waals surface area contributed by atoms with Gasteiger partial charge in [-0.25, -0.2) is 13.6 Å². The number of primary sulfonamides is 1. The zero-order valence-electron chi connectivity index (χ0n) is 8.91. The topological polar surface area (TPSA) is 72.2 Å². The molecular formula is C10H12Cl2N2O2S. The van der Waals surface area contributed by atoms with Crippen molar-refractivity contribution in [2.75, 3.05) is 0 Å². The monoisotopic (exact) mass is 294 g/mol. The van der Waals surface area contributed by atoms with E-state index in [9.17, 15) is 8.42 Å². The second kappa shape index (κ2) is 4.74. The number of rotatable bonds is 4. The van der Waals surface area contributed by atoms with E-state index in [0.717, 1.165) is 12.8 Å². The second-order valence-corrected chi connectivity index (χ2v) is 6.42.